The molecular formula is C21H24IN5O2. The number of para-hydroxylation sites is 3. The topological polar surface area (TPSA) is 72.7 Å². The van der Waals surface area contributed by atoms with Gasteiger partial charge < -0.3 is 20.1 Å². The third kappa shape index (κ3) is 5.41. The summed E-state index contributed by atoms with van der Waals surface area (Å²) in [4.78, 5) is 4.27. The fraction of sp³-hybridized carbons (Fsp3) is 0.238. The molecule has 1 aromatic heterocycles. The van der Waals surface area contributed by atoms with Crippen molar-refractivity contribution >= 4 is 29.9 Å². The quantitative estimate of drug-likeness (QED) is 0.317. The van der Waals surface area contributed by atoms with Gasteiger partial charge in [0.05, 0.1) is 18.4 Å². The van der Waals surface area contributed by atoms with Crippen LogP contribution in [0.3, 0.4) is 0 Å². The maximum Gasteiger partial charge on any atom is 0.191 e. The number of aromatic nitrogens is 2. The SMILES string of the molecule is CN=C(NCc1cnn(-c2ccccc2)c1)NCC1COc2ccccc2O1.I. The fourth-order valence-corrected chi connectivity index (χ4v) is 2.95. The second kappa shape index (κ2) is 10.1. The molecule has 0 fully saturated rings. The molecule has 1 atom stereocenters. The van der Waals surface area contributed by atoms with Gasteiger partial charge in [0.1, 0.15) is 12.7 Å². The van der Waals surface area contributed by atoms with Crippen LogP contribution in [0, 0.1) is 0 Å². The summed E-state index contributed by atoms with van der Waals surface area (Å²) in [7, 11) is 1.75. The molecule has 3 aromatic rings. The lowest BCUT2D eigenvalue weighted by molar-refractivity contribution is 0.0936. The van der Waals surface area contributed by atoms with E-state index >= 15 is 0 Å². The molecule has 29 heavy (non-hydrogen) atoms. The number of halogens is 1. The number of nitrogens with one attached hydrogen (secondary N) is 2. The summed E-state index contributed by atoms with van der Waals surface area (Å²) in [5.41, 5.74) is 2.10. The second-order valence-corrected chi connectivity index (χ2v) is 6.43. The first-order valence-electron chi connectivity index (χ1n) is 9.24. The van der Waals surface area contributed by atoms with Crippen LogP contribution in [0.2, 0.25) is 0 Å². The van der Waals surface area contributed by atoms with Crippen molar-refractivity contribution in [1.29, 1.82) is 0 Å². The predicted octanol–water partition coefficient (Wildman–Crippen LogP) is 3.00. The molecule has 8 heteroatoms. The molecule has 0 bridgehead atoms. The highest BCUT2D eigenvalue weighted by molar-refractivity contribution is 14.0. The van der Waals surface area contributed by atoms with Gasteiger partial charge in [0, 0.05) is 25.4 Å². The molecular weight excluding hydrogens is 481 g/mol. The fourth-order valence-electron chi connectivity index (χ4n) is 2.95. The van der Waals surface area contributed by atoms with E-state index in [-0.39, 0.29) is 30.1 Å². The first-order valence-corrected chi connectivity index (χ1v) is 9.24. The van der Waals surface area contributed by atoms with Gasteiger partial charge in [-0.05, 0) is 24.3 Å². The van der Waals surface area contributed by atoms with E-state index in [9.17, 15) is 0 Å². The first-order chi connectivity index (χ1) is 13.8. The van der Waals surface area contributed by atoms with Crippen LogP contribution in [-0.2, 0) is 6.54 Å². The smallest absolute Gasteiger partial charge is 0.191 e. The van der Waals surface area contributed by atoms with Gasteiger partial charge in [-0.3, -0.25) is 4.99 Å². The molecule has 0 amide bonds. The van der Waals surface area contributed by atoms with E-state index in [2.05, 4.69) is 20.7 Å². The minimum atomic E-state index is -0.0747. The predicted molar refractivity (Wildman–Crippen MR) is 124 cm³/mol. The van der Waals surface area contributed by atoms with Crippen molar-refractivity contribution < 1.29 is 9.47 Å². The van der Waals surface area contributed by atoms with Gasteiger partial charge in [0.2, 0.25) is 0 Å². The zero-order valence-corrected chi connectivity index (χ0v) is 18.4. The Labute approximate surface area is 187 Å². The van der Waals surface area contributed by atoms with Crippen molar-refractivity contribution in [2.24, 2.45) is 4.99 Å². The van der Waals surface area contributed by atoms with Crippen LogP contribution in [0.4, 0.5) is 0 Å². The van der Waals surface area contributed by atoms with Gasteiger partial charge in [-0.25, -0.2) is 4.68 Å². The van der Waals surface area contributed by atoms with Crippen LogP contribution >= 0.6 is 24.0 Å². The highest BCUT2D eigenvalue weighted by Gasteiger charge is 2.20. The monoisotopic (exact) mass is 505 g/mol. The second-order valence-electron chi connectivity index (χ2n) is 6.43. The third-order valence-electron chi connectivity index (χ3n) is 4.41. The van der Waals surface area contributed by atoms with Crippen LogP contribution in [0.15, 0.2) is 72.0 Å². The van der Waals surface area contributed by atoms with Crippen molar-refractivity contribution in [3.05, 3.63) is 72.6 Å². The number of guanidine groups is 1. The van der Waals surface area contributed by atoms with Gasteiger partial charge in [-0.2, -0.15) is 5.10 Å². The van der Waals surface area contributed by atoms with E-state index in [1.165, 1.54) is 0 Å². The number of benzene rings is 2. The van der Waals surface area contributed by atoms with Crippen molar-refractivity contribution in [3.8, 4) is 17.2 Å². The van der Waals surface area contributed by atoms with E-state index in [1.807, 2.05) is 71.7 Å². The Morgan fingerprint density at radius 3 is 2.66 bits per heavy atom. The number of aliphatic imine (C=N–C) groups is 1. The van der Waals surface area contributed by atoms with E-state index in [0.717, 1.165) is 22.7 Å². The van der Waals surface area contributed by atoms with Crippen LogP contribution in [0.5, 0.6) is 11.5 Å². The number of rotatable bonds is 5. The van der Waals surface area contributed by atoms with Crippen LogP contribution in [0.25, 0.3) is 5.69 Å². The molecule has 1 aliphatic rings. The minimum absolute atomic E-state index is 0. The molecule has 0 saturated carbocycles. The Hall–Kier alpha value is -2.75. The lowest BCUT2D eigenvalue weighted by Crippen LogP contribution is -2.45. The lowest BCUT2D eigenvalue weighted by Gasteiger charge is -2.27. The van der Waals surface area contributed by atoms with E-state index in [4.69, 9.17) is 9.47 Å². The van der Waals surface area contributed by atoms with Crippen LogP contribution < -0.4 is 20.1 Å². The molecule has 4 rings (SSSR count). The lowest BCUT2D eigenvalue weighted by atomic mass is 10.2. The number of hydrogen-bond acceptors (Lipinski definition) is 4. The van der Waals surface area contributed by atoms with Gasteiger partial charge in [0.15, 0.2) is 17.5 Å². The number of hydrogen-bond donors (Lipinski definition) is 2. The summed E-state index contributed by atoms with van der Waals surface area (Å²) in [5, 5.41) is 11.0. The number of ether oxygens (including phenoxy) is 2. The van der Waals surface area contributed by atoms with Crippen molar-refractivity contribution in [2.45, 2.75) is 12.6 Å². The summed E-state index contributed by atoms with van der Waals surface area (Å²) in [6, 6.07) is 17.7. The molecule has 2 N–H and O–H groups in total. The Bertz CT molecular complexity index is 945. The van der Waals surface area contributed by atoms with Gasteiger partial charge in [-0.1, -0.05) is 30.3 Å². The molecule has 0 saturated heterocycles. The average Bonchev–Trinajstić information content (AvgIpc) is 3.23. The van der Waals surface area contributed by atoms with Crippen LogP contribution in [0.1, 0.15) is 5.56 Å². The molecule has 0 radical (unpaired) electrons. The molecule has 2 aromatic carbocycles. The molecule has 0 spiro atoms. The minimum Gasteiger partial charge on any atom is -0.486 e. The van der Waals surface area contributed by atoms with Crippen LogP contribution in [-0.4, -0.2) is 42.0 Å². The maximum absolute atomic E-state index is 5.96. The highest BCUT2D eigenvalue weighted by Crippen LogP contribution is 2.30. The standard InChI is InChI=1S/C21H23N5O2.HI/c1-22-21(24-13-18-15-27-19-9-5-6-10-20(19)28-18)23-11-16-12-25-26(14-16)17-7-3-2-4-8-17;/h2-10,12,14,18H,11,13,15H2,1H3,(H2,22,23,24);1H. The van der Waals surface area contributed by atoms with Crippen molar-refractivity contribution in [3.63, 3.8) is 0 Å². The summed E-state index contributed by atoms with van der Waals surface area (Å²) in [6.07, 6.45) is 3.78. The molecule has 152 valence electrons. The van der Waals surface area contributed by atoms with Gasteiger partial charge >= 0.3 is 0 Å². The summed E-state index contributed by atoms with van der Waals surface area (Å²) >= 11 is 0. The normalized spacial score (nSPS) is 15.3. The third-order valence-corrected chi connectivity index (χ3v) is 4.41. The Kier molecular flexibility index (Phi) is 7.34. The summed E-state index contributed by atoms with van der Waals surface area (Å²) in [5.74, 6) is 2.27. The van der Waals surface area contributed by atoms with Gasteiger partial charge in [0.25, 0.3) is 0 Å². The Morgan fingerprint density at radius 2 is 1.86 bits per heavy atom. The average molecular weight is 505 g/mol. The molecule has 2 heterocycles. The maximum atomic E-state index is 5.96. The van der Waals surface area contributed by atoms with E-state index in [0.29, 0.717) is 25.7 Å². The Balaban J connectivity index is 0.00000240. The number of nitrogens with zero attached hydrogens (tertiary/aromatic N) is 3. The zero-order valence-electron chi connectivity index (χ0n) is 16.1. The molecule has 1 aliphatic heterocycles. The Morgan fingerprint density at radius 1 is 1.10 bits per heavy atom. The van der Waals surface area contributed by atoms with E-state index < -0.39 is 0 Å². The molecule has 1 unspecified atom stereocenters. The van der Waals surface area contributed by atoms with Crippen molar-refractivity contribution in [2.75, 3.05) is 20.2 Å². The van der Waals surface area contributed by atoms with Crippen molar-refractivity contribution in [1.82, 2.24) is 20.4 Å². The van der Waals surface area contributed by atoms with E-state index in [1.54, 1.807) is 7.05 Å². The van der Waals surface area contributed by atoms with Gasteiger partial charge in [-0.15, -0.1) is 24.0 Å². The number of fused-ring (bicyclic) bond motifs is 1. The summed E-state index contributed by atoms with van der Waals surface area (Å²) < 4.78 is 13.6. The highest BCUT2D eigenvalue weighted by atomic mass is 127. The largest absolute Gasteiger partial charge is 0.486 e. The first kappa shape index (κ1) is 21.0. The zero-order chi connectivity index (χ0) is 19.2. The molecule has 0 aliphatic carbocycles. The summed E-state index contributed by atoms with van der Waals surface area (Å²) in [6.45, 7) is 1.72. The molecule has 7 nitrogen and oxygen atoms in total.